The minimum absolute atomic E-state index is 0.771. The van der Waals surface area contributed by atoms with Crippen molar-refractivity contribution >= 4 is 0 Å². The van der Waals surface area contributed by atoms with Crippen LogP contribution in [0.3, 0.4) is 0 Å². The maximum atomic E-state index is 3.50. The third-order valence-electron chi connectivity index (χ3n) is 3.09. The molecule has 0 bridgehead atoms. The lowest BCUT2D eigenvalue weighted by Gasteiger charge is -2.18. The first-order valence-corrected chi connectivity index (χ1v) is 7.56. The van der Waals surface area contributed by atoms with E-state index in [1.165, 1.54) is 51.9 Å². The third-order valence-corrected chi connectivity index (χ3v) is 3.09. The van der Waals surface area contributed by atoms with Crippen molar-refractivity contribution in [2.24, 2.45) is 5.92 Å². The molecule has 0 aliphatic carbocycles. The van der Waals surface area contributed by atoms with E-state index in [2.05, 4.69) is 50.1 Å². The number of nitrogens with one attached hydrogen (secondary N) is 1. The Morgan fingerprint density at radius 1 is 0.833 bits per heavy atom. The highest BCUT2D eigenvalue weighted by Gasteiger charge is 1.99. The molecule has 0 aromatic rings. The van der Waals surface area contributed by atoms with E-state index >= 15 is 0 Å². The fourth-order valence-electron chi connectivity index (χ4n) is 1.97. The summed E-state index contributed by atoms with van der Waals surface area (Å²) < 4.78 is 0. The van der Waals surface area contributed by atoms with E-state index in [4.69, 9.17) is 0 Å². The van der Waals surface area contributed by atoms with Crippen LogP contribution in [0.25, 0.3) is 0 Å². The van der Waals surface area contributed by atoms with Crippen molar-refractivity contribution in [1.82, 2.24) is 15.1 Å². The minimum atomic E-state index is 0.771. The molecule has 0 radical (unpaired) electrons. The molecule has 0 atom stereocenters. The van der Waals surface area contributed by atoms with Gasteiger partial charge in [-0.25, -0.2) is 0 Å². The van der Waals surface area contributed by atoms with Gasteiger partial charge in [0.25, 0.3) is 0 Å². The van der Waals surface area contributed by atoms with Crippen molar-refractivity contribution in [3.63, 3.8) is 0 Å². The zero-order valence-corrected chi connectivity index (χ0v) is 13.3. The highest BCUT2D eigenvalue weighted by molar-refractivity contribution is 4.56. The molecule has 0 amide bonds. The lowest BCUT2D eigenvalue weighted by Crippen LogP contribution is -2.25. The summed E-state index contributed by atoms with van der Waals surface area (Å²) in [7, 11) is 6.53. The van der Waals surface area contributed by atoms with Gasteiger partial charge in [-0.15, -0.1) is 0 Å². The summed E-state index contributed by atoms with van der Waals surface area (Å²) in [5.41, 5.74) is 0. The minimum Gasteiger partial charge on any atom is -0.316 e. The van der Waals surface area contributed by atoms with Crippen molar-refractivity contribution in [3.8, 4) is 0 Å². The molecule has 0 heterocycles. The Morgan fingerprint density at radius 3 is 2.11 bits per heavy atom. The van der Waals surface area contributed by atoms with Gasteiger partial charge in [-0.3, -0.25) is 0 Å². The SMILES string of the molecule is CC(C)CNCCCCCN(C)CCCN(C)C. The number of nitrogens with zero attached hydrogens (tertiary/aromatic N) is 2. The van der Waals surface area contributed by atoms with Crippen LogP contribution >= 0.6 is 0 Å². The molecule has 0 aromatic heterocycles. The van der Waals surface area contributed by atoms with E-state index in [1.807, 2.05) is 0 Å². The summed E-state index contributed by atoms with van der Waals surface area (Å²) >= 11 is 0. The van der Waals surface area contributed by atoms with E-state index in [0.29, 0.717) is 0 Å². The van der Waals surface area contributed by atoms with Crippen molar-refractivity contribution in [2.45, 2.75) is 39.5 Å². The maximum Gasteiger partial charge on any atom is -0.000960 e. The van der Waals surface area contributed by atoms with Gasteiger partial charge >= 0.3 is 0 Å². The van der Waals surface area contributed by atoms with E-state index in [9.17, 15) is 0 Å². The number of hydrogen-bond donors (Lipinski definition) is 1. The molecule has 18 heavy (non-hydrogen) atoms. The van der Waals surface area contributed by atoms with Crippen molar-refractivity contribution < 1.29 is 0 Å². The summed E-state index contributed by atoms with van der Waals surface area (Å²) in [6.45, 7) is 10.5. The lowest BCUT2D eigenvalue weighted by molar-refractivity contribution is 0.294. The molecule has 0 aromatic carbocycles. The highest BCUT2D eigenvalue weighted by Crippen LogP contribution is 1.98. The van der Waals surface area contributed by atoms with Crippen LogP contribution in [0.1, 0.15) is 39.5 Å². The van der Waals surface area contributed by atoms with E-state index in [-0.39, 0.29) is 0 Å². The fraction of sp³-hybridized carbons (Fsp3) is 1.00. The molecule has 1 N–H and O–H groups in total. The molecule has 110 valence electrons. The highest BCUT2D eigenvalue weighted by atomic mass is 15.1. The fourth-order valence-corrected chi connectivity index (χ4v) is 1.97. The normalized spacial score (nSPS) is 12.0. The third kappa shape index (κ3) is 13.9. The molecule has 0 saturated heterocycles. The first-order chi connectivity index (χ1) is 8.52. The van der Waals surface area contributed by atoms with Crippen LogP contribution in [0, 0.1) is 5.92 Å². The van der Waals surface area contributed by atoms with E-state index < -0.39 is 0 Å². The molecule has 3 nitrogen and oxygen atoms in total. The van der Waals surface area contributed by atoms with Crippen LogP contribution in [-0.4, -0.2) is 63.7 Å². The van der Waals surface area contributed by atoms with Gasteiger partial charge < -0.3 is 15.1 Å². The van der Waals surface area contributed by atoms with Gasteiger partial charge in [0.2, 0.25) is 0 Å². The second-order valence-electron chi connectivity index (χ2n) is 6.12. The standard InChI is InChI=1S/C15H35N3/c1-15(2)14-16-10-7-6-8-12-18(5)13-9-11-17(3)4/h15-16H,6-14H2,1-5H3. The summed E-state index contributed by atoms with van der Waals surface area (Å²) in [6.07, 6.45) is 5.28. The maximum absolute atomic E-state index is 3.50. The second kappa shape index (κ2) is 11.9. The van der Waals surface area contributed by atoms with Crippen LogP contribution in [0.5, 0.6) is 0 Å². The summed E-state index contributed by atoms with van der Waals surface area (Å²) in [4.78, 5) is 4.72. The van der Waals surface area contributed by atoms with Gasteiger partial charge in [0.1, 0.15) is 0 Å². The van der Waals surface area contributed by atoms with Gasteiger partial charge in [0.15, 0.2) is 0 Å². The number of rotatable bonds is 12. The lowest BCUT2D eigenvalue weighted by atomic mass is 10.2. The zero-order chi connectivity index (χ0) is 13.8. The molecule has 0 rings (SSSR count). The largest absolute Gasteiger partial charge is 0.316 e. The Labute approximate surface area is 115 Å². The first kappa shape index (κ1) is 17.9. The Hall–Kier alpha value is -0.120. The predicted octanol–water partition coefficient (Wildman–Crippen LogP) is 2.29. The molecule has 0 spiro atoms. The average Bonchev–Trinajstić information content (AvgIpc) is 2.26. The molecule has 0 fully saturated rings. The molecular formula is C15H35N3. The Kier molecular flexibility index (Phi) is 11.9. The van der Waals surface area contributed by atoms with Crippen LogP contribution in [0.2, 0.25) is 0 Å². The molecule has 0 saturated carbocycles. The van der Waals surface area contributed by atoms with Crippen LogP contribution in [-0.2, 0) is 0 Å². The monoisotopic (exact) mass is 257 g/mol. The Balaban J connectivity index is 3.17. The average molecular weight is 257 g/mol. The van der Waals surface area contributed by atoms with E-state index in [1.54, 1.807) is 0 Å². The van der Waals surface area contributed by atoms with Crippen molar-refractivity contribution in [2.75, 3.05) is 53.9 Å². The van der Waals surface area contributed by atoms with Gasteiger partial charge in [-0.2, -0.15) is 0 Å². The first-order valence-electron chi connectivity index (χ1n) is 7.56. The van der Waals surface area contributed by atoms with Crippen molar-refractivity contribution in [1.29, 1.82) is 0 Å². The molecular weight excluding hydrogens is 222 g/mol. The Bertz CT molecular complexity index is 169. The van der Waals surface area contributed by atoms with Crippen LogP contribution < -0.4 is 5.32 Å². The van der Waals surface area contributed by atoms with Gasteiger partial charge in [0.05, 0.1) is 0 Å². The topological polar surface area (TPSA) is 18.5 Å². The zero-order valence-electron chi connectivity index (χ0n) is 13.3. The quantitative estimate of drug-likeness (QED) is 0.541. The summed E-state index contributed by atoms with van der Waals surface area (Å²) in [5.74, 6) is 0.771. The second-order valence-corrected chi connectivity index (χ2v) is 6.12. The van der Waals surface area contributed by atoms with Crippen LogP contribution in [0.15, 0.2) is 0 Å². The summed E-state index contributed by atoms with van der Waals surface area (Å²) in [6, 6.07) is 0. The predicted molar refractivity (Wildman–Crippen MR) is 82.2 cm³/mol. The summed E-state index contributed by atoms with van der Waals surface area (Å²) in [5, 5.41) is 3.50. The van der Waals surface area contributed by atoms with Gasteiger partial charge in [-0.05, 0) is 79.0 Å². The molecule has 0 unspecified atom stereocenters. The van der Waals surface area contributed by atoms with Crippen LogP contribution in [0.4, 0.5) is 0 Å². The van der Waals surface area contributed by atoms with Gasteiger partial charge in [0, 0.05) is 0 Å². The smallest absolute Gasteiger partial charge is 0.000960 e. The molecule has 3 heteroatoms. The Morgan fingerprint density at radius 2 is 1.50 bits per heavy atom. The number of hydrogen-bond acceptors (Lipinski definition) is 3. The molecule has 0 aliphatic heterocycles. The number of unbranched alkanes of at least 4 members (excludes halogenated alkanes) is 2. The molecule has 0 aliphatic rings. The van der Waals surface area contributed by atoms with E-state index in [0.717, 1.165) is 12.5 Å². The van der Waals surface area contributed by atoms with Crippen molar-refractivity contribution in [3.05, 3.63) is 0 Å². The van der Waals surface area contributed by atoms with Gasteiger partial charge in [-0.1, -0.05) is 20.3 Å².